The van der Waals surface area contributed by atoms with Crippen molar-refractivity contribution in [1.82, 2.24) is 9.80 Å². The van der Waals surface area contributed by atoms with Crippen LogP contribution in [0.4, 0.5) is 4.79 Å². The Bertz CT molecular complexity index is 1190. The number of nitrogens with zero attached hydrogens (tertiary/aromatic N) is 2. The summed E-state index contributed by atoms with van der Waals surface area (Å²) >= 11 is 0. The molecule has 0 bridgehead atoms. The molecule has 4 rings (SSSR count). The van der Waals surface area contributed by atoms with Gasteiger partial charge in [0.2, 0.25) is 0 Å². The Labute approximate surface area is 217 Å². The number of ether oxygens (including phenoxy) is 3. The molecular weight excluding hydrogens is 472 g/mol. The summed E-state index contributed by atoms with van der Waals surface area (Å²) in [5.41, 5.74) is 1.15. The number of esters is 1. The van der Waals surface area contributed by atoms with Crippen LogP contribution in [0.15, 0.2) is 84.7 Å². The summed E-state index contributed by atoms with van der Waals surface area (Å²) in [6.45, 7) is 4.05. The lowest BCUT2D eigenvalue weighted by Crippen LogP contribution is -2.50. The van der Waals surface area contributed by atoms with Crippen molar-refractivity contribution in [2.24, 2.45) is 5.92 Å². The lowest BCUT2D eigenvalue weighted by atomic mass is 9.79. The third kappa shape index (κ3) is 5.44. The first-order valence-corrected chi connectivity index (χ1v) is 12.2. The van der Waals surface area contributed by atoms with Gasteiger partial charge in [0.15, 0.2) is 0 Å². The molecule has 3 atom stereocenters. The van der Waals surface area contributed by atoms with Gasteiger partial charge in [-0.15, -0.1) is 0 Å². The lowest BCUT2D eigenvalue weighted by Gasteiger charge is -2.37. The molecule has 0 saturated carbocycles. The second-order valence-electron chi connectivity index (χ2n) is 9.52. The molecule has 2 aliphatic rings. The van der Waals surface area contributed by atoms with E-state index in [1.165, 1.54) is 31.5 Å². The van der Waals surface area contributed by atoms with Crippen molar-refractivity contribution < 1.29 is 28.6 Å². The van der Waals surface area contributed by atoms with Crippen LogP contribution in [0, 0.1) is 5.92 Å². The first-order valence-electron chi connectivity index (χ1n) is 12.2. The minimum absolute atomic E-state index is 0.239. The number of rotatable bonds is 6. The van der Waals surface area contributed by atoms with Crippen molar-refractivity contribution in [2.45, 2.75) is 38.0 Å². The SMILES string of the molecule is COC(=O)[C@@H](c1ccccc1)[C@H]1C=CN(C(=O)OC)C=C1C(=O)N1[C@@H](Cc2ccccc2)COC1(C)C. The Morgan fingerprint density at radius 3 is 2.27 bits per heavy atom. The zero-order valence-electron chi connectivity index (χ0n) is 21.5. The average molecular weight is 505 g/mol. The topological polar surface area (TPSA) is 85.4 Å². The number of allylic oxidation sites excluding steroid dienone is 1. The van der Waals surface area contributed by atoms with Gasteiger partial charge in [-0.25, -0.2) is 4.79 Å². The number of methoxy groups -OCH3 is 2. The molecule has 194 valence electrons. The minimum Gasteiger partial charge on any atom is -0.469 e. The zero-order valence-corrected chi connectivity index (χ0v) is 21.5. The van der Waals surface area contributed by atoms with Crippen LogP contribution in [0.25, 0.3) is 0 Å². The molecule has 2 amide bonds. The third-order valence-electron chi connectivity index (χ3n) is 6.80. The Kier molecular flexibility index (Phi) is 7.78. The van der Waals surface area contributed by atoms with Gasteiger partial charge < -0.3 is 19.1 Å². The van der Waals surface area contributed by atoms with Gasteiger partial charge in [0.25, 0.3) is 5.91 Å². The van der Waals surface area contributed by atoms with E-state index < -0.39 is 29.6 Å². The molecule has 0 spiro atoms. The number of hydrogen-bond donors (Lipinski definition) is 0. The van der Waals surface area contributed by atoms with E-state index in [9.17, 15) is 14.4 Å². The van der Waals surface area contributed by atoms with E-state index in [-0.39, 0.29) is 17.5 Å². The van der Waals surface area contributed by atoms with Crippen molar-refractivity contribution in [3.05, 3.63) is 95.8 Å². The first-order chi connectivity index (χ1) is 17.8. The number of amides is 2. The molecule has 2 aromatic carbocycles. The zero-order chi connectivity index (χ0) is 26.6. The Balaban J connectivity index is 1.76. The summed E-state index contributed by atoms with van der Waals surface area (Å²) in [5, 5.41) is 0. The molecule has 2 heterocycles. The molecular formula is C29H32N2O6. The normalized spacial score (nSPS) is 21.2. The Morgan fingerprint density at radius 1 is 1.00 bits per heavy atom. The predicted molar refractivity (Wildman–Crippen MR) is 137 cm³/mol. The second-order valence-corrected chi connectivity index (χ2v) is 9.52. The maximum atomic E-state index is 14.3. The monoisotopic (exact) mass is 504 g/mol. The highest BCUT2D eigenvalue weighted by molar-refractivity contribution is 5.97. The molecule has 0 N–H and O–H groups in total. The molecule has 0 aromatic heterocycles. The maximum absolute atomic E-state index is 14.3. The fraction of sp³-hybridized carbons (Fsp3) is 0.345. The molecule has 1 saturated heterocycles. The number of benzene rings is 2. The average Bonchev–Trinajstić information content (AvgIpc) is 3.22. The van der Waals surface area contributed by atoms with Gasteiger partial charge in [-0.2, -0.15) is 0 Å². The lowest BCUT2D eigenvalue weighted by molar-refractivity contribution is -0.144. The van der Waals surface area contributed by atoms with Gasteiger partial charge in [-0.3, -0.25) is 14.5 Å². The van der Waals surface area contributed by atoms with Crippen LogP contribution < -0.4 is 0 Å². The van der Waals surface area contributed by atoms with Crippen LogP contribution in [0.3, 0.4) is 0 Å². The molecule has 2 aromatic rings. The predicted octanol–water partition coefficient (Wildman–Crippen LogP) is 4.25. The van der Waals surface area contributed by atoms with Gasteiger partial charge in [-0.1, -0.05) is 66.7 Å². The largest absolute Gasteiger partial charge is 0.469 e. The van der Waals surface area contributed by atoms with Gasteiger partial charge in [0.05, 0.1) is 32.8 Å². The highest BCUT2D eigenvalue weighted by Gasteiger charge is 2.47. The summed E-state index contributed by atoms with van der Waals surface area (Å²) < 4.78 is 16.1. The van der Waals surface area contributed by atoms with Crippen LogP contribution in [0.2, 0.25) is 0 Å². The number of hydrogen-bond acceptors (Lipinski definition) is 6. The van der Waals surface area contributed by atoms with Crippen LogP contribution in [0.5, 0.6) is 0 Å². The Morgan fingerprint density at radius 2 is 1.65 bits per heavy atom. The smallest absolute Gasteiger partial charge is 0.417 e. The summed E-state index contributed by atoms with van der Waals surface area (Å²) in [6.07, 6.45) is 4.59. The fourth-order valence-electron chi connectivity index (χ4n) is 5.02. The van der Waals surface area contributed by atoms with Crippen molar-refractivity contribution in [1.29, 1.82) is 0 Å². The molecule has 8 heteroatoms. The summed E-state index contributed by atoms with van der Waals surface area (Å²) in [6, 6.07) is 18.8. The number of carbonyl (C=O) groups is 3. The molecule has 1 fully saturated rings. The quantitative estimate of drug-likeness (QED) is 0.547. The van der Waals surface area contributed by atoms with Gasteiger partial charge in [0.1, 0.15) is 5.72 Å². The van der Waals surface area contributed by atoms with E-state index in [1.54, 1.807) is 11.0 Å². The molecule has 37 heavy (non-hydrogen) atoms. The summed E-state index contributed by atoms with van der Waals surface area (Å²) in [5.74, 6) is -2.28. The van der Waals surface area contributed by atoms with Crippen LogP contribution in [-0.4, -0.2) is 60.4 Å². The van der Waals surface area contributed by atoms with Gasteiger partial charge in [-0.05, 0) is 31.4 Å². The summed E-state index contributed by atoms with van der Waals surface area (Å²) in [7, 11) is 2.59. The van der Waals surface area contributed by atoms with Crippen LogP contribution in [0.1, 0.15) is 30.9 Å². The highest BCUT2D eigenvalue weighted by Crippen LogP contribution is 2.39. The van der Waals surface area contributed by atoms with E-state index in [1.807, 2.05) is 74.5 Å². The van der Waals surface area contributed by atoms with Crippen LogP contribution in [-0.2, 0) is 30.2 Å². The molecule has 8 nitrogen and oxygen atoms in total. The van der Waals surface area contributed by atoms with E-state index in [2.05, 4.69) is 0 Å². The van der Waals surface area contributed by atoms with Crippen molar-refractivity contribution in [3.8, 4) is 0 Å². The molecule has 0 aliphatic carbocycles. The van der Waals surface area contributed by atoms with Gasteiger partial charge >= 0.3 is 12.1 Å². The first kappa shape index (κ1) is 26.2. The molecule has 0 unspecified atom stereocenters. The van der Waals surface area contributed by atoms with Crippen molar-refractivity contribution in [2.75, 3.05) is 20.8 Å². The van der Waals surface area contributed by atoms with E-state index >= 15 is 0 Å². The molecule has 2 aliphatic heterocycles. The van der Waals surface area contributed by atoms with E-state index in [0.717, 1.165) is 5.56 Å². The van der Waals surface area contributed by atoms with Gasteiger partial charge in [0, 0.05) is 23.9 Å². The van der Waals surface area contributed by atoms with Crippen molar-refractivity contribution >= 4 is 18.0 Å². The standard InChI is InChI=1S/C29H32N2O6/c1-29(2)31(22(19-37-29)17-20-11-7-5-8-12-20)26(32)24-18-30(28(34)36-4)16-15-23(24)25(27(33)35-3)21-13-9-6-10-14-21/h5-16,18,22-23,25H,17,19H2,1-4H3/t22-,23-,25-/m0/s1. The van der Waals surface area contributed by atoms with E-state index in [0.29, 0.717) is 18.6 Å². The molecule has 0 radical (unpaired) electrons. The second kappa shape index (κ2) is 11.0. The van der Waals surface area contributed by atoms with Crippen molar-refractivity contribution in [3.63, 3.8) is 0 Å². The summed E-state index contributed by atoms with van der Waals surface area (Å²) in [4.78, 5) is 42.7. The number of carbonyl (C=O) groups excluding carboxylic acids is 3. The fourth-order valence-corrected chi connectivity index (χ4v) is 5.02. The minimum atomic E-state index is -0.896. The van der Waals surface area contributed by atoms with E-state index in [4.69, 9.17) is 14.2 Å². The van der Waals surface area contributed by atoms with Crippen LogP contribution >= 0.6 is 0 Å². The highest BCUT2D eigenvalue weighted by atomic mass is 16.5. The maximum Gasteiger partial charge on any atom is 0.417 e. The third-order valence-corrected chi connectivity index (χ3v) is 6.80. The Hall–Kier alpha value is -3.91.